The summed E-state index contributed by atoms with van der Waals surface area (Å²) in [7, 11) is 0. The normalized spacial score (nSPS) is 12.0. The third-order valence-electron chi connectivity index (χ3n) is 1.78. The minimum absolute atomic E-state index is 0.271. The molecule has 4 heteroatoms. The molecular weight excluding hydrogens is 156 g/mol. The molecule has 0 heterocycles. The lowest BCUT2D eigenvalue weighted by atomic mass is 10.1. The van der Waals surface area contributed by atoms with Crippen LogP contribution in [0.5, 0.6) is 0 Å². The van der Waals surface area contributed by atoms with E-state index in [1.807, 2.05) is 13.0 Å². The van der Waals surface area contributed by atoms with Crippen molar-refractivity contribution in [1.29, 1.82) is 5.26 Å². The van der Waals surface area contributed by atoms with Crippen molar-refractivity contribution in [3.05, 3.63) is 10.1 Å². The molecule has 0 aromatic carbocycles. The Bertz CT molecular complexity index is 174. The van der Waals surface area contributed by atoms with E-state index in [9.17, 15) is 10.1 Å². The lowest BCUT2D eigenvalue weighted by molar-refractivity contribution is -0.524. The van der Waals surface area contributed by atoms with E-state index in [0.717, 1.165) is 12.8 Å². The Hall–Kier alpha value is -1.11. The number of unbranched alkanes of at least 4 members (excludes halogenated alkanes) is 1. The maximum atomic E-state index is 10.4. The van der Waals surface area contributed by atoms with E-state index in [-0.39, 0.29) is 11.3 Å². The van der Waals surface area contributed by atoms with Gasteiger partial charge in [0.15, 0.2) is 0 Å². The van der Waals surface area contributed by atoms with Gasteiger partial charge in [-0.1, -0.05) is 13.3 Å². The third-order valence-corrected chi connectivity index (χ3v) is 1.78. The lowest BCUT2D eigenvalue weighted by Gasteiger charge is -2.05. The molecule has 0 aliphatic carbocycles. The molecule has 0 fully saturated rings. The van der Waals surface area contributed by atoms with Gasteiger partial charge in [0.25, 0.3) is 0 Å². The van der Waals surface area contributed by atoms with Gasteiger partial charge in [0.1, 0.15) is 0 Å². The van der Waals surface area contributed by atoms with Gasteiger partial charge in [-0.2, -0.15) is 5.26 Å². The second-order valence-electron chi connectivity index (χ2n) is 2.78. The Kier molecular flexibility index (Phi) is 5.98. The first-order chi connectivity index (χ1) is 5.72. The molecule has 1 atom stereocenters. The van der Waals surface area contributed by atoms with Gasteiger partial charge in [0.05, 0.1) is 6.07 Å². The third kappa shape index (κ3) is 4.67. The molecule has 12 heavy (non-hydrogen) atoms. The quantitative estimate of drug-likeness (QED) is 0.453. The molecule has 0 bridgehead atoms. The molecule has 0 amide bonds. The van der Waals surface area contributed by atoms with Crippen molar-refractivity contribution < 1.29 is 4.92 Å². The molecule has 0 N–H and O–H groups in total. The van der Waals surface area contributed by atoms with Gasteiger partial charge < -0.3 is 0 Å². The van der Waals surface area contributed by atoms with Crippen LogP contribution in [0.2, 0.25) is 0 Å². The van der Waals surface area contributed by atoms with E-state index in [1.165, 1.54) is 0 Å². The van der Waals surface area contributed by atoms with Gasteiger partial charge in [-0.15, -0.1) is 0 Å². The van der Waals surface area contributed by atoms with Gasteiger partial charge in [-0.25, -0.2) is 0 Å². The van der Waals surface area contributed by atoms with Crippen LogP contribution in [0.1, 0.15) is 39.0 Å². The molecule has 4 nitrogen and oxygen atoms in total. The summed E-state index contributed by atoms with van der Waals surface area (Å²) in [6.07, 6.45) is 3.12. The smallest absolute Gasteiger partial charge is 0.214 e. The highest BCUT2D eigenvalue weighted by Gasteiger charge is 2.17. The van der Waals surface area contributed by atoms with Crippen molar-refractivity contribution in [2.75, 3.05) is 0 Å². The Labute approximate surface area is 72.3 Å². The van der Waals surface area contributed by atoms with Crippen LogP contribution in [0.15, 0.2) is 0 Å². The zero-order chi connectivity index (χ0) is 9.40. The SMILES string of the molecule is CCCCC(CCC#N)[N+](=O)[O-]. The van der Waals surface area contributed by atoms with Gasteiger partial charge >= 0.3 is 0 Å². The minimum atomic E-state index is -0.510. The predicted molar refractivity (Wildman–Crippen MR) is 45.2 cm³/mol. The fourth-order valence-electron chi connectivity index (χ4n) is 1.03. The molecular formula is C8H14N2O2. The largest absolute Gasteiger partial charge is 0.264 e. The van der Waals surface area contributed by atoms with E-state index in [2.05, 4.69) is 0 Å². The van der Waals surface area contributed by atoms with Crippen LogP contribution in [0, 0.1) is 21.4 Å². The predicted octanol–water partition coefficient (Wildman–Crippen LogP) is 2.13. The van der Waals surface area contributed by atoms with Crippen LogP contribution in [0.4, 0.5) is 0 Å². The van der Waals surface area contributed by atoms with Crippen LogP contribution in [0.3, 0.4) is 0 Å². The van der Waals surface area contributed by atoms with Crippen molar-refractivity contribution in [2.45, 2.75) is 45.1 Å². The van der Waals surface area contributed by atoms with Crippen molar-refractivity contribution in [2.24, 2.45) is 0 Å². The van der Waals surface area contributed by atoms with Gasteiger partial charge in [-0.3, -0.25) is 10.1 Å². The summed E-state index contributed by atoms with van der Waals surface area (Å²) in [4.78, 5) is 10.1. The molecule has 0 saturated heterocycles. The molecule has 0 saturated carbocycles. The summed E-state index contributed by atoms with van der Waals surface area (Å²) in [5.41, 5.74) is 0. The summed E-state index contributed by atoms with van der Waals surface area (Å²) in [5, 5.41) is 18.7. The first-order valence-corrected chi connectivity index (χ1v) is 4.22. The zero-order valence-corrected chi connectivity index (χ0v) is 7.32. The fraction of sp³-hybridized carbons (Fsp3) is 0.875. The van der Waals surface area contributed by atoms with Crippen LogP contribution >= 0.6 is 0 Å². The van der Waals surface area contributed by atoms with E-state index < -0.39 is 6.04 Å². The average molecular weight is 170 g/mol. The van der Waals surface area contributed by atoms with Crippen LogP contribution in [-0.4, -0.2) is 11.0 Å². The molecule has 0 aliphatic rings. The molecule has 0 aliphatic heterocycles. The molecule has 0 aromatic rings. The number of nitrogens with zero attached hydrogens (tertiary/aromatic N) is 2. The molecule has 0 rings (SSSR count). The van der Waals surface area contributed by atoms with Crippen molar-refractivity contribution >= 4 is 0 Å². The maximum absolute atomic E-state index is 10.4. The fourth-order valence-corrected chi connectivity index (χ4v) is 1.03. The first kappa shape index (κ1) is 10.9. The van der Waals surface area contributed by atoms with Gasteiger partial charge in [0.2, 0.25) is 6.04 Å². The number of nitriles is 1. The number of rotatable bonds is 6. The van der Waals surface area contributed by atoms with Crippen LogP contribution in [-0.2, 0) is 0 Å². The summed E-state index contributed by atoms with van der Waals surface area (Å²) >= 11 is 0. The lowest BCUT2D eigenvalue weighted by Crippen LogP contribution is -2.18. The first-order valence-electron chi connectivity index (χ1n) is 4.22. The Morgan fingerprint density at radius 3 is 2.67 bits per heavy atom. The Balaban J connectivity index is 3.72. The van der Waals surface area contributed by atoms with Crippen LogP contribution in [0.25, 0.3) is 0 Å². The summed E-state index contributed by atoms with van der Waals surface area (Å²) in [6, 6.07) is 1.42. The molecule has 68 valence electrons. The van der Waals surface area contributed by atoms with E-state index in [4.69, 9.17) is 5.26 Å². The van der Waals surface area contributed by atoms with E-state index >= 15 is 0 Å². The monoisotopic (exact) mass is 170 g/mol. The molecule has 1 unspecified atom stereocenters. The summed E-state index contributed by atoms with van der Waals surface area (Å²) in [5.74, 6) is 0. The second-order valence-corrected chi connectivity index (χ2v) is 2.78. The van der Waals surface area contributed by atoms with Crippen molar-refractivity contribution in [3.63, 3.8) is 0 Å². The van der Waals surface area contributed by atoms with E-state index in [0.29, 0.717) is 12.8 Å². The zero-order valence-electron chi connectivity index (χ0n) is 7.32. The molecule has 0 spiro atoms. The minimum Gasteiger partial charge on any atom is -0.264 e. The van der Waals surface area contributed by atoms with Crippen molar-refractivity contribution in [3.8, 4) is 6.07 Å². The molecule has 0 radical (unpaired) electrons. The Morgan fingerprint density at radius 2 is 2.25 bits per heavy atom. The van der Waals surface area contributed by atoms with Gasteiger partial charge in [0, 0.05) is 24.2 Å². The van der Waals surface area contributed by atoms with Gasteiger partial charge in [-0.05, 0) is 6.42 Å². The maximum Gasteiger partial charge on any atom is 0.214 e. The number of nitro groups is 1. The second kappa shape index (κ2) is 6.59. The highest BCUT2D eigenvalue weighted by Crippen LogP contribution is 2.09. The Morgan fingerprint density at radius 1 is 1.58 bits per heavy atom. The van der Waals surface area contributed by atoms with Crippen LogP contribution < -0.4 is 0 Å². The topological polar surface area (TPSA) is 66.9 Å². The highest BCUT2D eigenvalue weighted by molar-refractivity contribution is 4.71. The summed E-state index contributed by atoms with van der Waals surface area (Å²) in [6.45, 7) is 2.00. The standard InChI is InChI=1S/C8H14N2O2/c1-2-3-5-8(10(11)12)6-4-7-9/h8H,2-6H2,1H3. The number of hydrogen-bond acceptors (Lipinski definition) is 3. The van der Waals surface area contributed by atoms with Crippen molar-refractivity contribution in [1.82, 2.24) is 0 Å². The van der Waals surface area contributed by atoms with E-state index in [1.54, 1.807) is 0 Å². The summed E-state index contributed by atoms with van der Waals surface area (Å²) < 4.78 is 0. The average Bonchev–Trinajstić information content (AvgIpc) is 2.04. The molecule has 0 aromatic heterocycles. The number of hydrogen-bond donors (Lipinski definition) is 0. The highest BCUT2D eigenvalue weighted by atomic mass is 16.6.